The second-order valence-electron chi connectivity index (χ2n) is 2.97. The molecule has 0 amide bonds. The summed E-state index contributed by atoms with van der Waals surface area (Å²) in [4.78, 5) is 10.9. The molecule has 6 heteroatoms. The van der Waals surface area contributed by atoms with Gasteiger partial charge in [0, 0.05) is 28.3 Å². The van der Waals surface area contributed by atoms with Gasteiger partial charge in [0.1, 0.15) is 24.4 Å². The van der Waals surface area contributed by atoms with E-state index in [0.717, 1.165) is 0 Å². The summed E-state index contributed by atoms with van der Waals surface area (Å²) in [5.41, 5.74) is 0. The van der Waals surface area contributed by atoms with Gasteiger partial charge in [0.2, 0.25) is 0 Å². The first-order valence-corrected chi connectivity index (χ1v) is 4.39. The van der Waals surface area contributed by atoms with Crippen LogP contribution in [0.4, 0.5) is 0 Å². The number of carbonyl (C=O) groups is 1. The van der Waals surface area contributed by atoms with Gasteiger partial charge >= 0.3 is 0 Å². The predicted octanol–water partition coefficient (Wildman–Crippen LogP) is -0.762. The highest BCUT2D eigenvalue weighted by Gasteiger charge is 2.34. The van der Waals surface area contributed by atoms with Gasteiger partial charge in [-0.1, -0.05) is 0 Å². The lowest BCUT2D eigenvalue weighted by Crippen LogP contribution is -2.49. The molecule has 0 spiro atoms. The zero-order valence-corrected chi connectivity index (χ0v) is 8.91. The van der Waals surface area contributed by atoms with E-state index in [9.17, 15) is 9.90 Å². The van der Waals surface area contributed by atoms with Crippen LogP contribution in [0.5, 0.6) is 0 Å². The van der Waals surface area contributed by atoms with E-state index in [-0.39, 0.29) is 13.7 Å². The molecule has 0 aromatic heterocycles. The molecule has 0 aliphatic carbocycles. The molecule has 0 radical (unpaired) electrons. The average molecular weight is 240 g/mol. The van der Waals surface area contributed by atoms with Crippen molar-refractivity contribution in [1.29, 1.82) is 0 Å². The van der Waals surface area contributed by atoms with Gasteiger partial charge in [-0.3, -0.25) is 0 Å². The van der Waals surface area contributed by atoms with Crippen LogP contribution in [0.3, 0.4) is 0 Å². The van der Waals surface area contributed by atoms with E-state index in [1.165, 1.54) is 0 Å². The van der Waals surface area contributed by atoms with E-state index in [1.54, 1.807) is 0 Å². The molecule has 4 atom stereocenters. The van der Waals surface area contributed by atoms with Gasteiger partial charge in [0.15, 0.2) is 6.29 Å². The van der Waals surface area contributed by atoms with Crippen LogP contribution < -0.4 is 0 Å². The molecule has 0 saturated heterocycles. The maximum atomic E-state index is 10.9. The third-order valence-electron chi connectivity index (χ3n) is 2.06. The van der Waals surface area contributed by atoms with Crippen LogP contribution >= 0.6 is 0 Å². The van der Waals surface area contributed by atoms with Crippen molar-refractivity contribution in [3.05, 3.63) is 0 Å². The van der Waals surface area contributed by atoms with Gasteiger partial charge in [-0.25, -0.2) is 0 Å². The molecule has 0 aromatic carbocycles. The number of ether oxygens (including phenoxy) is 4. The summed E-state index contributed by atoms with van der Waals surface area (Å²) in [6.07, 6.45) is -4.51. The molecule has 0 aromatic rings. The number of aldehydes is 1. The summed E-state index contributed by atoms with van der Waals surface area (Å²) < 4.78 is 47.3. The molecule has 6 nitrogen and oxygen atoms in total. The Bertz CT molecular complexity index is 248. The molecule has 0 aliphatic rings. The molecule has 0 bridgehead atoms. The minimum atomic E-state index is -1.40. The zero-order valence-electron chi connectivity index (χ0n) is 12.9. The van der Waals surface area contributed by atoms with Crippen molar-refractivity contribution < 1.29 is 34.3 Å². The maximum absolute atomic E-state index is 10.9. The number of hydrogen-bond acceptors (Lipinski definition) is 6. The maximum Gasteiger partial charge on any atom is 0.151 e. The van der Waals surface area contributed by atoms with Crippen LogP contribution in [0, 0.1) is 0 Å². The summed E-state index contributed by atoms with van der Waals surface area (Å²) in [5, 5.41) is 10.1. The Morgan fingerprint density at radius 3 is 2.56 bits per heavy atom. The van der Waals surface area contributed by atoms with E-state index in [0.29, 0.717) is 6.29 Å². The second-order valence-corrected chi connectivity index (χ2v) is 2.97. The monoisotopic (exact) mass is 240 g/mol. The van der Waals surface area contributed by atoms with Gasteiger partial charge in [0.25, 0.3) is 0 Å². The molecule has 0 unspecified atom stereocenters. The minimum Gasteiger partial charge on any atom is -0.387 e. The van der Waals surface area contributed by atoms with E-state index in [1.807, 2.05) is 0 Å². The summed E-state index contributed by atoms with van der Waals surface area (Å²) >= 11 is 0. The fourth-order valence-electron chi connectivity index (χ4n) is 1.17. The Kier molecular flexibility index (Phi) is 5.10. The minimum absolute atomic E-state index is 0.173. The Balaban J connectivity index is 4.85. The van der Waals surface area contributed by atoms with E-state index in [2.05, 4.69) is 0 Å². The number of rotatable bonds is 9. The van der Waals surface area contributed by atoms with Crippen LogP contribution in [-0.2, 0) is 23.7 Å². The largest absolute Gasteiger partial charge is 0.387 e. The van der Waals surface area contributed by atoms with Crippen molar-refractivity contribution in [1.82, 2.24) is 0 Å². The lowest BCUT2D eigenvalue weighted by atomic mass is 10.0. The molecule has 0 fully saturated rings. The molecule has 0 aliphatic heterocycles. The third-order valence-corrected chi connectivity index (χ3v) is 2.06. The normalized spacial score (nSPS) is 22.1. The highest BCUT2D eigenvalue weighted by molar-refractivity contribution is 5.57. The number of aliphatic hydroxyl groups excluding tert-OH is 1. The Morgan fingerprint density at radius 1 is 1.25 bits per heavy atom. The molecule has 0 rings (SSSR count). The average Bonchev–Trinajstić information content (AvgIpc) is 2.46. The van der Waals surface area contributed by atoms with Crippen molar-refractivity contribution in [3.63, 3.8) is 0 Å². The summed E-state index contributed by atoms with van der Waals surface area (Å²) in [7, 11) is -1.85. The highest BCUT2D eigenvalue weighted by Crippen LogP contribution is 2.12. The van der Waals surface area contributed by atoms with Crippen LogP contribution in [0.1, 0.15) is 5.48 Å². The topological polar surface area (TPSA) is 74.2 Å². The van der Waals surface area contributed by atoms with Crippen LogP contribution in [0.25, 0.3) is 0 Å². The zero-order chi connectivity index (χ0) is 15.4. The lowest BCUT2D eigenvalue weighted by molar-refractivity contribution is -0.153. The van der Waals surface area contributed by atoms with Crippen molar-refractivity contribution in [2.75, 3.05) is 35.0 Å². The second kappa shape index (κ2) is 8.60. The van der Waals surface area contributed by atoms with E-state index in [4.69, 9.17) is 24.4 Å². The fraction of sp³-hybridized carbons (Fsp3) is 0.900. The molecular formula is C10H20O6. The van der Waals surface area contributed by atoms with Crippen molar-refractivity contribution in [2.45, 2.75) is 24.4 Å². The molecule has 96 valence electrons. The first-order valence-electron chi connectivity index (χ1n) is 7.21. The summed E-state index contributed by atoms with van der Waals surface area (Å²) in [6.45, 7) is -0.173. The van der Waals surface area contributed by atoms with Crippen LogP contribution in [0.2, 0.25) is 0 Å². The van der Waals surface area contributed by atoms with Gasteiger partial charge in [-0.15, -0.1) is 0 Å². The molecule has 0 saturated carbocycles. The Hall–Kier alpha value is -0.530. The molecule has 1 N–H and O–H groups in total. The van der Waals surface area contributed by atoms with Gasteiger partial charge in [0.05, 0.1) is 12.1 Å². The SMILES string of the molecule is [2H]COC[C@@H](OC[2H])[C@H](O)[C@H](OC[2H])[C@H](C=O)OC[2H]. The first-order chi connectivity index (χ1) is 9.65. The van der Waals surface area contributed by atoms with Crippen molar-refractivity contribution >= 4 is 6.29 Å². The lowest BCUT2D eigenvalue weighted by Gasteiger charge is -2.30. The van der Waals surface area contributed by atoms with Crippen molar-refractivity contribution in [2.24, 2.45) is 0 Å². The molecular weight excluding hydrogens is 216 g/mol. The van der Waals surface area contributed by atoms with Gasteiger partial charge in [-0.2, -0.15) is 0 Å². The fourth-order valence-corrected chi connectivity index (χ4v) is 1.17. The number of hydrogen-bond donors (Lipinski definition) is 1. The van der Waals surface area contributed by atoms with Crippen LogP contribution in [-0.4, -0.2) is 70.8 Å². The molecule has 16 heavy (non-hydrogen) atoms. The number of carbonyl (C=O) groups excluding carboxylic acids is 1. The summed E-state index contributed by atoms with van der Waals surface area (Å²) in [6, 6.07) is 0. The molecule has 0 heterocycles. The van der Waals surface area contributed by atoms with Gasteiger partial charge in [-0.05, 0) is 0 Å². The quantitative estimate of drug-likeness (QED) is 0.534. The standard InChI is InChI=1S/C10H20O6/c1-13-6-8(15-3)9(12)10(16-4)7(5-11)14-2/h5,7-10,12H,6H2,1-4H3/t7-,8+,9-,10+/m0/s1/i1D,2D,3D,4D. The first kappa shape index (κ1) is 9.49. The van der Waals surface area contributed by atoms with Crippen molar-refractivity contribution in [3.8, 4) is 0 Å². The number of aliphatic hydroxyl groups is 1. The Labute approximate surface area is 101 Å². The smallest absolute Gasteiger partial charge is 0.151 e. The highest BCUT2D eigenvalue weighted by atomic mass is 16.6. The predicted molar refractivity (Wildman–Crippen MR) is 56.3 cm³/mol. The summed E-state index contributed by atoms with van der Waals surface area (Å²) in [5.74, 6) is 0. The van der Waals surface area contributed by atoms with Crippen LogP contribution in [0.15, 0.2) is 0 Å². The number of methoxy groups -OCH3 is 4. The Morgan fingerprint density at radius 2 is 2.00 bits per heavy atom. The third kappa shape index (κ3) is 4.15. The van der Waals surface area contributed by atoms with E-state index < -0.39 is 45.7 Å². The van der Waals surface area contributed by atoms with E-state index >= 15 is 0 Å². The van der Waals surface area contributed by atoms with Gasteiger partial charge < -0.3 is 28.8 Å².